The van der Waals surface area contributed by atoms with Crippen molar-refractivity contribution in [1.82, 2.24) is 14.9 Å². The lowest BCUT2D eigenvalue weighted by molar-refractivity contribution is -0.111. The van der Waals surface area contributed by atoms with Crippen LogP contribution in [0.15, 0.2) is 55.3 Å². The summed E-state index contributed by atoms with van der Waals surface area (Å²) in [6, 6.07) is 12.8. The number of rotatable bonds is 10. The second-order valence-corrected chi connectivity index (χ2v) is 10.2. The molecule has 0 spiro atoms. The average molecular weight is 559 g/mol. The highest BCUT2D eigenvalue weighted by molar-refractivity contribution is 6.02. The average Bonchev–Trinajstić information content (AvgIpc) is 2.95. The molecule has 1 amide bonds. The van der Waals surface area contributed by atoms with Crippen molar-refractivity contribution in [1.29, 1.82) is 5.26 Å². The molecule has 41 heavy (non-hydrogen) atoms. The van der Waals surface area contributed by atoms with Crippen molar-refractivity contribution >= 4 is 40.4 Å². The van der Waals surface area contributed by atoms with Crippen LogP contribution in [0.25, 0.3) is 0 Å². The third kappa shape index (κ3) is 7.29. The summed E-state index contributed by atoms with van der Waals surface area (Å²) >= 11 is 0. The topological polar surface area (TPSA) is 118 Å². The maximum Gasteiger partial charge on any atom is 0.247 e. The van der Waals surface area contributed by atoms with Crippen LogP contribution >= 0.6 is 0 Å². The summed E-state index contributed by atoms with van der Waals surface area (Å²) in [5, 5.41) is 18.6. The van der Waals surface area contributed by atoms with E-state index in [1.165, 1.54) is 12.3 Å². The molecule has 0 atom stereocenters. The Kier molecular flexibility index (Phi) is 9.37. The molecule has 1 aliphatic heterocycles. The number of ether oxygens (including phenoxy) is 1. The number of nitrogens with zero attached hydrogens (tertiary/aromatic N) is 5. The molecule has 10 nitrogen and oxygen atoms in total. The van der Waals surface area contributed by atoms with Crippen molar-refractivity contribution in [2.75, 3.05) is 48.0 Å². The Labute approximate surface area is 239 Å². The minimum atomic E-state index is -0.445. The van der Waals surface area contributed by atoms with E-state index in [2.05, 4.69) is 57.6 Å². The highest BCUT2D eigenvalue weighted by Gasteiger charge is 2.24. The number of hydrogen-bond donors (Lipinski definition) is 3. The lowest BCUT2D eigenvalue weighted by Crippen LogP contribution is -2.42. The van der Waals surface area contributed by atoms with Crippen LogP contribution in [0, 0.1) is 17.1 Å². The molecule has 0 radical (unpaired) electrons. The third-order valence-corrected chi connectivity index (χ3v) is 6.72. The van der Waals surface area contributed by atoms with Gasteiger partial charge in [-0.3, -0.25) is 4.79 Å². The first kappa shape index (κ1) is 29.3. The fourth-order valence-electron chi connectivity index (χ4n) is 4.61. The lowest BCUT2D eigenvalue weighted by atomic mass is 10.0. The quantitative estimate of drug-likeness (QED) is 0.280. The highest BCUT2D eigenvalue weighted by Crippen LogP contribution is 2.35. The van der Waals surface area contributed by atoms with Crippen molar-refractivity contribution in [3.8, 4) is 11.8 Å². The van der Waals surface area contributed by atoms with Crippen LogP contribution in [-0.2, 0) is 4.79 Å². The van der Waals surface area contributed by atoms with Gasteiger partial charge in [0.25, 0.3) is 0 Å². The molecule has 1 aromatic heterocycles. The lowest BCUT2D eigenvalue weighted by Gasteiger charge is -2.36. The number of nitrogens with one attached hydrogen (secondary N) is 3. The van der Waals surface area contributed by atoms with Gasteiger partial charge in [-0.1, -0.05) is 18.7 Å². The predicted octanol–water partition coefficient (Wildman–Crippen LogP) is 5.42. The number of hydrogen-bond acceptors (Lipinski definition) is 9. The zero-order valence-electron chi connectivity index (χ0n) is 23.7. The van der Waals surface area contributed by atoms with E-state index < -0.39 is 11.7 Å². The van der Waals surface area contributed by atoms with Gasteiger partial charge in [-0.25, -0.2) is 9.37 Å². The number of nitriles is 1. The summed E-state index contributed by atoms with van der Waals surface area (Å²) in [4.78, 5) is 25.2. The van der Waals surface area contributed by atoms with Gasteiger partial charge in [-0.15, -0.1) is 0 Å². The number of anilines is 6. The standard InChI is InChI=1S/C30H35FN8O2/c1-6-28(40)34-25-16-26(39-13-11-21(12-14-39)38(4)5)22(31)15-24(25)36-30-33-18-20(17-32)29(37-30)35-23-9-7-8-10-27(23)41-19(2)3/h6-10,15-16,18-19,21H,1,11-14H2,2-5H3,(H,34,40)(H2,33,35,36,37). The summed E-state index contributed by atoms with van der Waals surface area (Å²) in [5.74, 6) is 0.0475. The van der Waals surface area contributed by atoms with Crippen molar-refractivity contribution in [2.24, 2.45) is 0 Å². The molecular weight excluding hydrogens is 523 g/mol. The van der Waals surface area contributed by atoms with Gasteiger partial charge >= 0.3 is 0 Å². The number of benzene rings is 2. The number of carbonyl (C=O) groups excluding carboxylic acids is 1. The molecule has 3 N–H and O–H groups in total. The van der Waals surface area contributed by atoms with E-state index in [0.29, 0.717) is 41.9 Å². The zero-order valence-corrected chi connectivity index (χ0v) is 23.7. The Bertz CT molecular complexity index is 1440. The third-order valence-electron chi connectivity index (χ3n) is 6.72. The van der Waals surface area contributed by atoms with Crippen LogP contribution in [0.1, 0.15) is 32.3 Å². The molecule has 1 fully saturated rings. The second kappa shape index (κ2) is 13.1. The molecule has 11 heteroatoms. The molecule has 2 heterocycles. The first-order chi connectivity index (χ1) is 19.7. The van der Waals surface area contributed by atoms with E-state index in [0.717, 1.165) is 18.9 Å². The zero-order chi connectivity index (χ0) is 29.5. The first-order valence-corrected chi connectivity index (χ1v) is 13.4. The summed E-state index contributed by atoms with van der Waals surface area (Å²) < 4.78 is 21.4. The number of para-hydroxylation sites is 2. The van der Waals surface area contributed by atoms with Gasteiger partial charge in [0.1, 0.15) is 23.2 Å². The van der Waals surface area contributed by atoms with Crippen LogP contribution in [0.3, 0.4) is 0 Å². The van der Waals surface area contributed by atoms with Crippen molar-refractivity contribution < 1.29 is 13.9 Å². The van der Waals surface area contributed by atoms with Crippen LogP contribution in [0.2, 0.25) is 0 Å². The summed E-state index contributed by atoms with van der Waals surface area (Å²) in [7, 11) is 4.10. The summed E-state index contributed by atoms with van der Waals surface area (Å²) in [6.45, 7) is 8.75. The van der Waals surface area contributed by atoms with Gasteiger partial charge in [0.05, 0.1) is 35.1 Å². The Morgan fingerprint density at radius 2 is 1.93 bits per heavy atom. The van der Waals surface area contributed by atoms with E-state index in [1.54, 1.807) is 6.07 Å². The number of piperidine rings is 1. The molecule has 2 aromatic carbocycles. The van der Waals surface area contributed by atoms with Crippen LogP contribution in [-0.4, -0.2) is 60.1 Å². The maximum absolute atomic E-state index is 15.5. The van der Waals surface area contributed by atoms with E-state index in [1.807, 2.05) is 43.0 Å². The molecule has 4 rings (SSSR count). The summed E-state index contributed by atoms with van der Waals surface area (Å²) in [5.41, 5.74) is 1.83. The normalized spacial score (nSPS) is 13.6. The van der Waals surface area contributed by atoms with Gasteiger partial charge in [0, 0.05) is 25.2 Å². The molecule has 0 aliphatic carbocycles. The molecule has 0 saturated carbocycles. The summed E-state index contributed by atoms with van der Waals surface area (Å²) in [6.07, 6.45) is 4.26. The molecule has 3 aromatic rings. The Morgan fingerprint density at radius 3 is 2.59 bits per heavy atom. The van der Waals surface area contributed by atoms with Crippen molar-refractivity contribution in [2.45, 2.75) is 38.8 Å². The second-order valence-electron chi connectivity index (χ2n) is 10.2. The van der Waals surface area contributed by atoms with Crippen LogP contribution in [0.4, 0.5) is 38.9 Å². The first-order valence-electron chi connectivity index (χ1n) is 13.4. The van der Waals surface area contributed by atoms with E-state index in [9.17, 15) is 10.1 Å². The van der Waals surface area contributed by atoms with E-state index >= 15 is 4.39 Å². The number of amides is 1. The van der Waals surface area contributed by atoms with Crippen LogP contribution in [0.5, 0.6) is 5.75 Å². The van der Waals surface area contributed by atoms with Gasteiger partial charge in [0.2, 0.25) is 11.9 Å². The Balaban J connectivity index is 1.64. The highest BCUT2D eigenvalue weighted by atomic mass is 19.1. The van der Waals surface area contributed by atoms with Crippen LogP contribution < -0.4 is 25.6 Å². The predicted molar refractivity (Wildman–Crippen MR) is 160 cm³/mol. The van der Waals surface area contributed by atoms with E-state index in [-0.39, 0.29) is 29.1 Å². The largest absolute Gasteiger partial charge is 0.489 e. The molecular formula is C30H35FN8O2. The number of halogens is 1. The minimum absolute atomic E-state index is 0.0579. The van der Waals surface area contributed by atoms with Crippen molar-refractivity contribution in [3.05, 3.63) is 66.6 Å². The van der Waals surface area contributed by atoms with Gasteiger partial charge in [-0.05, 0) is 65.1 Å². The van der Waals surface area contributed by atoms with Gasteiger partial charge in [0.15, 0.2) is 5.82 Å². The molecule has 0 bridgehead atoms. The SMILES string of the molecule is C=CC(=O)Nc1cc(N2CCC(N(C)C)CC2)c(F)cc1Nc1ncc(C#N)c(Nc2ccccc2OC(C)C)n1. The van der Waals surface area contributed by atoms with Gasteiger partial charge in [-0.2, -0.15) is 10.2 Å². The van der Waals surface area contributed by atoms with Gasteiger partial charge < -0.3 is 30.5 Å². The van der Waals surface area contributed by atoms with Crippen molar-refractivity contribution in [3.63, 3.8) is 0 Å². The smallest absolute Gasteiger partial charge is 0.247 e. The van der Waals surface area contributed by atoms with E-state index in [4.69, 9.17) is 4.74 Å². The maximum atomic E-state index is 15.5. The fraction of sp³-hybridized carbons (Fsp3) is 0.333. The molecule has 0 unspecified atom stereocenters. The Morgan fingerprint density at radius 1 is 1.20 bits per heavy atom. The Hall–Kier alpha value is -4.69. The number of carbonyl (C=O) groups is 1. The number of aromatic nitrogens is 2. The molecule has 1 aliphatic rings. The fourth-order valence-corrected chi connectivity index (χ4v) is 4.61. The molecule has 1 saturated heterocycles. The molecule has 214 valence electrons. The monoisotopic (exact) mass is 558 g/mol. The minimum Gasteiger partial charge on any atom is -0.489 e.